The van der Waals surface area contributed by atoms with E-state index in [1.54, 1.807) is 12.1 Å². The standard InChI is InChI=1S/C21H21FN2O/c1-13(2)20-19-17(16-5-3-4-6-18(16)23-19)11-12-24(20)21(25)14-7-9-15(22)10-8-14/h3-10,13,20,23H,11-12H2,1-2H3/t20-/m0/s1. The minimum absolute atomic E-state index is 0.00583. The molecule has 25 heavy (non-hydrogen) atoms. The van der Waals surface area contributed by atoms with Crippen LogP contribution in [0.25, 0.3) is 10.9 Å². The van der Waals surface area contributed by atoms with E-state index in [9.17, 15) is 9.18 Å². The highest BCUT2D eigenvalue weighted by atomic mass is 19.1. The molecule has 4 heteroatoms. The molecule has 1 atom stereocenters. The van der Waals surface area contributed by atoms with Gasteiger partial charge in [-0.25, -0.2) is 4.39 Å². The topological polar surface area (TPSA) is 36.1 Å². The monoisotopic (exact) mass is 336 g/mol. The molecule has 1 aliphatic rings. The normalized spacial score (nSPS) is 17.1. The van der Waals surface area contributed by atoms with Crippen molar-refractivity contribution in [1.29, 1.82) is 0 Å². The van der Waals surface area contributed by atoms with Gasteiger partial charge in [0.25, 0.3) is 5.91 Å². The quantitative estimate of drug-likeness (QED) is 0.723. The number of aromatic nitrogens is 1. The van der Waals surface area contributed by atoms with Crippen molar-refractivity contribution in [3.63, 3.8) is 0 Å². The molecule has 3 aromatic rings. The van der Waals surface area contributed by atoms with Crippen LogP contribution in [0.4, 0.5) is 4.39 Å². The minimum Gasteiger partial charge on any atom is -0.356 e. The molecule has 1 N–H and O–H groups in total. The van der Waals surface area contributed by atoms with Crippen LogP contribution in [-0.4, -0.2) is 22.3 Å². The fourth-order valence-electron chi connectivity index (χ4n) is 3.95. The fraction of sp³-hybridized carbons (Fsp3) is 0.286. The van der Waals surface area contributed by atoms with Crippen molar-refractivity contribution in [2.75, 3.05) is 6.54 Å². The summed E-state index contributed by atoms with van der Waals surface area (Å²) < 4.78 is 13.2. The molecule has 1 aromatic heterocycles. The van der Waals surface area contributed by atoms with Crippen molar-refractivity contribution in [2.45, 2.75) is 26.3 Å². The molecule has 2 aromatic carbocycles. The van der Waals surface area contributed by atoms with Crippen LogP contribution >= 0.6 is 0 Å². The number of hydrogen-bond acceptors (Lipinski definition) is 1. The van der Waals surface area contributed by atoms with Crippen LogP contribution in [0.1, 0.15) is 41.5 Å². The maximum atomic E-state index is 13.2. The van der Waals surface area contributed by atoms with E-state index in [1.807, 2.05) is 11.0 Å². The van der Waals surface area contributed by atoms with Crippen LogP contribution in [0.3, 0.4) is 0 Å². The number of rotatable bonds is 2. The molecule has 0 spiro atoms. The summed E-state index contributed by atoms with van der Waals surface area (Å²) >= 11 is 0. The Hall–Kier alpha value is -2.62. The number of H-pyrrole nitrogens is 1. The molecule has 0 unspecified atom stereocenters. The number of halogens is 1. The molecule has 0 aliphatic carbocycles. The third-order valence-corrected chi connectivity index (χ3v) is 5.06. The zero-order chi connectivity index (χ0) is 17.6. The number of benzene rings is 2. The van der Waals surface area contributed by atoms with Gasteiger partial charge in [-0.05, 0) is 48.2 Å². The first-order valence-electron chi connectivity index (χ1n) is 8.72. The number of amides is 1. The Balaban J connectivity index is 1.77. The maximum Gasteiger partial charge on any atom is 0.254 e. The van der Waals surface area contributed by atoms with E-state index in [0.29, 0.717) is 12.1 Å². The average Bonchev–Trinajstić information content (AvgIpc) is 2.99. The van der Waals surface area contributed by atoms with E-state index >= 15 is 0 Å². The Labute approximate surface area is 146 Å². The van der Waals surface area contributed by atoms with Gasteiger partial charge in [0.2, 0.25) is 0 Å². The highest BCUT2D eigenvalue weighted by Crippen LogP contribution is 2.39. The van der Waals surface area contributed by atoms with Crippen LogP contribution in [-0.2, 0) is 6.42 Å². The first-order valence-corrected chi connectivity index (χ1v) is 8.72. The fourth-order valence-corrected chi connectivity index (χ4v) is 3.95. The summed E-state index contributed by atoms with van der Waals surface area (Å²) in [6.45, 7) is 4.94. The summed E-state index contributed by atoms with van der Waals surface area (Å²) in [5, 5.41) is 1.25. The largest absolute Gasteiger partial charge is 0.356 e. The van der Waals surface area contributed by atoms with Crippen molar-refractivity contribution < 1.29 is 9.18 Å². The number of aromatic amines is 1. The summed E-state index contributed by atoms with van der Waals surface area (Å²) in [7, 11) is 0. The second-order valence-corrected chi connectivity index (χ2v) is 7.01. The van der Waals surface area contributed by atoms with Gasteiger partial charge in [-0.2, -0.15) is 0 Å². The smallest absolute Gasteiger partial charge is 0.254 e. The number of carbonyl (C=O) groups excluding carboxylic acids is 1. The summed E-state index contributed by atoms with van der Waals surface area (Å²) in [5.41, 5.74) is 4.11. The lowest BCUT2D eigenvalue weighted by atomic mass is 9.90. The van der Waals surface area contributed by atoms with Crippen LogP contribution < -0.4 is 0 Å². The molecule has 0 radical (unpaired) electrons. The van der Waals surface area contributed by atoms with Gasteiger partial charge in [0.05, 0.1) is 6.04 Å². The number of hydrogen-bond donors (Lipinski definition) is 1. The third-order valence-electron chi connectivity index (χ3n) is 5.06. The summed E-state index contributed by atoms with van der Waals surface area (Å²) in [6, 6.07) is 14.1. The molecule has 2 heterocycles. The van der Waals surface area contributed by atoms with Gasteiger partial charge in [0, 0.05) is 28.7 Å². The number of nitrogens with zero attached hydrogens (tertiary/aromatic N) is 1. The van der Waals surface area contributed by atoms with Crippen molar-refractivity contribution in [1.82, 2.24) is 9.88 Å². The van der Waals surface area contributed by atoms with Gasteiger partial charge in [0.1, 0.15) is 5.82 Å². The highest BCUT2D eigenvalue weighted by molar-refractivity contribution is 5.95. The highest BCUT2D eigenvalue weighted by Gasteiger charge is 2.35. The average molecular weight is 336 g/mol. The molecule has 3 nitrogen and oxygen atoms in total. The Bertz CT molecular complexity index is 927. The van der Waals surface area contributed by atoms with Gasteiger partial charge in [-0.3, -0.25) is 4.79 Å². The van der Waals surface area contributed by atoms with E-state index < -0.39 is 0 Å². The van der Waals surface area contributed by atoms with E-state index in [2.05, 4.69) is 37.0 Å². The maximum absolute atomic E-state index is 13.2. The van der Waals surface area contributed by atoms with E-state index in [-0.39, 0.29) is 23.7 Å². The Morgan fingerprint density at radius 1 is 1.16 bits per heavy atom. The van der Waals surface area contributed by atoms with E-state index in [4.69, 9.17) is 0 Å². The second-order valence-electron chi connectivity index (χ2n) is 7.01. The Kier molecular flexibility index (Phi) is 3.83. The molecule has 4 rings (SSSR count). The number of nitrogens with one attached hydrogen (secondary N) is 1. The van der Waals surface area contributed by atoms with Crippen LogP contribution in [0.15, 0.2) is 48.5 Å². The summed E-state index contributed by atoms with van der Waals surface area (Å²) in [4.78, 5) is 18.5. The lowest BCUT2D eigenvalue weighted by Crippen LogP contribution is -2.42. The van der Waals surface area contributed by atoms with Gasteiger partial charge < -0.3 is 9.88 Å². The zero-order valence-corrected chi connectivity index (χ0v) is 14.4. The summed E-state index contributed by atoms with van der Waals surface area (Å²) in [6.07, 6.45) is 0.829. The van der Waals surface area contributed by atoms with Crippen LogP contribution in [0.2, 0.25) is 0 Å². The van der Waals surface area contributed by atoms with Crippen molar-refractivity contribution >= 4 is 16.8 Å². The molecule has 1 aliphatic heterocycles. The number of para-hydroxylation sites is 1. The van der Waals surface area contributed by atoms with Crippen molar-refractivity contribution in [3.8, 4) is 0 Å². The van der Waals surface area contributed by atoms with E-state index in [1.165, 1.54) is 23.1 Å². The van der Waals surface area contributed by atoms with Crippen LogP contribution in [0, 0.1) is 11.7 Å². The predicted octanol–water partition coefficient (Wildman–Crippen LogP) is 4.70. The zero-order valence-electron chi connectivity index (χ0n) is 14.4. The molecular weight excluding hydrogens is 315 g/mol. The molecule has 128 valence electrons. The van der Waals surface area contributed by atoms with Crippen molar-refractivity contribution in [3.05, 3.63) is 71.2 Å². The molecule has 1 amide bonds. The first-order chi connectivity index (χ1) is 12.1. The summed E-state index contributed by atoms with van der Waals surface area (Å²) in [5.74, 6) is -0.0898. The van der Waals surface area contributed by atoms with Gasteiger partial charge >= 0.3 is 0 Å². The first kappa shape index (κ1) is 15.9. The predicted molar refractivity (Wildman–Crippen MR) is 97.0 cm³/mol. The molecule has 0 saturated heterocycles. The van der Waals surface area contributed by atoms with Crippen molar-refractivity contribution in [2.24, 2.45) is 5.92 Å². The number of carbonyl (C=O) groups is 1. The van der Waals surface area contributed by atoms with Gasteiger partial charge in [-0.15, -0.1) is 0 Å². The SMILES string of the molecule is CC(C)[C@H]1c2[nH]c3ccccc3c2CCN1C(=O)c1ccc(F)cc1. The second kappa shape index (κ2) is 6.03. The molecular formula is C21H21FN2O. The van der Waals surface area contributed by atoms with Gasteiger partial charge in [-0.1, -0.05) is 32.0 Å². The van der Waals surface area contributed by atoms with Gasteiger partial charge in [0.15, 0.2) is 0 Å². The lowest BCUT2D eigenvalue weighted by Gasteiger charge is -2.38. The third kappa shape index (κ3) is 2.62. The Morgan fingerprint density at radius 2 is 1.88 bits per heavy atom. The number of fused-ring (bicyclic) bond motifs is 3. The van der Waals surface area contributed by atoms with E-state index in [0.717, 1.165) is 17.6 Å². The molecule has 0 fully saturated rings. The Morgan fingerprint density at radius 3 is 2.60 bits per heavy atom. The van der Waals surface area contributed by atoms with Crippen LogP contribution in [0.5, 0.6) is 0 Å². The molecule has 0 saturated carbocycles. The minimum atomic E-state index is -0.325. The lowest BCUT2D eigenvalue weighted by molar-refractivity contribution is 0.0598. The molecule has 0 bridgehead atoms.